The van der Waals surface area contributed by atoms with E-state index in [1.807, 2.05) is 31.2 Å². The van der Waals surface area contributed by atoms with Gasteiger partial charge in [0.15, 0.2) is 6.61 Å². The largest absolute Gasteiger partial charge is 0.465 e. The third-order valence-electron chi connectivity index (χ3n) is 4.34. The lowest BCUT2D eigenvalue weighted by molar-refractivity contribution is -0.122. The highest BCUT2D eigenvalue weighted by molar-refractivity contribution is 5.99. The van der Waals surface area contributed by atoms with Crippen molar-refractivity contribution in [2.45, 2.75) is 19.4 Å². The number of ether oxygens (including phenoxy) is 2. The van der Waals surface area contributed by atoms with E-state index in [2.05, 4.69) is 4.74 Å². The number of methoxy groups -OCH3 is 1. The number of fused-ring (bicyclic) bond motifs is 1. The lowest BCUT2D eigenvalue weighted by Crippen LogP contribution is -2.38. The van der Waals surface area contributed by atoms with Gasteiger partial charge in [0.2, 0.25) is 0 Å². The van der Waals surface area contributed by atoms with Gasteiger partial charge in [0, 0.05) is 11.7 Å². The predicted molar refractivity (Wildman–Crippen MR) is 95.2 cm³/mol. The van der Waals surface area contributed by atoms with Crippen LogP contribution < -0.4 is 4.90 Å². The molecule has 0 radical (unpaired) electrons. The first-order valence-corrected chi connectivity index (χ1v) is 8.26. The maximum atomic E-state index is 12.5. The lowest BCUT2D eigenvalue weighted by Gasteiger charge is -2.22. The molecule has 26 heavy (non-hydrogen) atoms. The van der Waals surface area contributed by atoms with Crippen LogP contribution in [-0.2, 0) is 20.7 Å². The molecule has 0 aromatic heterocycles. The van der Waals surface area contributed by atoms with Crippen molar-refractivity contribution in [1.82, 2.24) is 0 Å². The number of rotatable bonds is 4. The van der Waals surface area contributed by atoms with Gasteiger partial charge in [-0.25, -0.2) is 9.59 Å². The van der Waals surface area contributed by atoms with Gasteiger partial charge in [0.1, 0.15) is 0 Å². The number of para-hydroxylation sites is 1. The Kier molecular flexibility index (Phi) is 5.02. The number of nitrogens with zero attached hydrogens (tertiary/aromatic N) is 1. The highest BCUT2D eigenvalue weighted by atomic mass is 16.5. The van der Waals surface area contributed by atoms with E-state index >= 15 is 0 Å². The van der Waals surface area contributed by atoms with E-state index in [1.54, 1.807) is 4.90 Å². The van der Waals surface area contributed by atoms with E-state index in [4.69, 9.17) is 4.74 Å². The van der Waals surface area contributed by atoms with Crippen LogP contribution in [0.4, 0.5) is 5.69 Å². The zero-order valence-corrected chi connectivity index (χ0v) is 14.6. The number of hydrogen-bond donors (Lipinski definition) is 0. The van der Waals surface area contributed by atoms with Crippen LogP contribution in [0.1, 0.15) is 33.2 Å². The Balaban J connectivity index is 1.63. The third kappa shape index (κ3) is 3.44. The van der Waals surface area contributed by atoms with Gasteiger partial charge in [0.25, 0.3) is 5.91 Å². The number of amides is 1. The molecule has 1 atom stereocenters. The van der Waals surface area contributed by atoms with E-state index in [1.165, 1.54) is 31.4 Å². The van der Waals surface area contributed by atoms with Gasteiger partial charge in [0.05, 0.1) is 18.2 Å². The number of carbonyl (C=O) groups is 3. The summed E-state index contributed by atoms with van der Waals surface area (Å²) in [4.78, 5) is 37.7. The van der Waals surface area contributed by atoms with Crippen LogP contribution >= 0.6 is 0 Å². The van der Waals surface area contributed by atoms with Gasteiger partial charge in [-0.1, -0.05) is 18.2 Å². The molecule has 6 heteroatoms. The number of carbonyl (C=O) groups excluding carboxylic acids is 3. The molecule has 0 fully saturated rings. The van der Waals surface area contributed by atoms with Crippen LogP contribution in [0.15, 0.2) is 48.5 Å². The summed E-state index contributed by atoms with van der Waals surface area (Å²) in [5, 5.41) is 0. The molecule has 0 saturated carbocycles. The van der Waals surface area contributed by atoms with Crippen molar-refractivity contribution in [1.29, 1.82) is 0 Å². The van der Waals surface area contributed by atoms with Crippen molar-refractivity contribution in [3.8, 4) is 0 Å². The van der Waals surface area contributed by atoms with E-state index in [0.29, 0.717) is 5.56 Å². The Bertz CT molecular complexity index is 844. The molecule has 0 saturated heterocycles. The van der Waals surface area contributed by atoms with E-state index < -0.39 is 11.9 Å². The highest BCUT2D eigenvalue weighted by Gasteiger charge is 2.31. The molecule has 1 aliphatic heterocycles. The minimum atomic E-state index is -0.616. The van der Waals surface area contributed by atoms with Crippen LogP contribution in [0.3, 0.4) is 0 Å². The summed E-state index contributed by atoms with van der Waals surface area (Å²) in [6.45, 7) is 1.63. The summed E-state index contributed by atoms with van der Waals surface area (Å²) in [7, 11) is 1.29. The maximum absolute atomic E-state index is 12.5. The van der Waals surface area contributed by atoms with Gasteiger partial charge in [-0.05, 0) is 49.2 Å². The van der Waals surface area contributed by atoms with Gasteiger partial charge in [-0.3, -0.25) is 4.79 Å². The monoisotopic (exact) mass is 353 g/mol. The van der Waals surface area contributed by atoms with Gasteiger partial charge in [-0.15, -0.1) is 0 Å². The molecule has 2 aromatic carbocycles. The average Bonchev–Trinajstić information content (AvgIpc) is 3.01. The van der Waals surface area contributed by atoms with Gasteiger partial charge < -0.3 is 14.4 Å². The van der Waals surface area contributed by atoms with Crippen molar-refractivity contribution in [3.05, 3.63) is 65.2 Å². The molecule has 0 N–H and O–H groups in total. The zero-order chi connectivity index (χ0) is 18.7. The molecule has 134 valence electrons. The number of benzene rings is 2. The number of esters is 2. The molecule has 1 aliphatic rings. The first kappa shape index (κ1) is 17.7. The Morgan fingerprint density at radius 3 is 2.27 bits per heavy atom. The first-order chi connectivity index (χ1) is 12.5. The fourth-order valence-electron chi connectivity index (χ4n) is 3.09. The van der Waals surface area contributed by atoms with Gasteiger partial charge in [-0.2, -0.15) is 0 Å². The topological polar surface area (TPSA) is 72.9 Å². The second-order valence-corrected chi connectivity index (χ2v) is 6.09. The average molecular weight is 353 g/mol. The van der Waals surface area contributed by atoms with Crippen molar-refractivity contribution in [3.63, 3.8) is 0 Å². The molecule has 2 aromatic rings. The fraction of sp³-hybridized carbons (Fsp3) is 0.250. The van der Waals surface area contributed by atoms with Crippen molar-refractivity contribution in [2.24, 2.45) is 0 Å². The summed E-state index contributed by atoms with van der Waals surface area (Å²) in [5.74, 6) is -1.36. The Hall–Kier alpha value is -3.15. The van der Waals surface area contributed by atoms with E-state index in [0.717, 1.165) is 17.7 Å². The minimum absolute atomic E-state index is 0.0259. The molecular formula is C20H19NO5. The number of anilines is 1. The molecule has 6 nitrogen and oxygen atoms in total. The summed E-state index contributed by atoms with van der Waals surface area (Å²) in [5.41, 5.74) is 2.57. The molecule has 0 unspecified atom stereocenters. The first-order valence-electron chi connectivity index (χ1n) is 8.26. The van der Waals surface area contributed by atoms with Crippen LogP contribution in [0.25, 0.3) is 0 Å². The number of hydrogen-bond acceptors (Lipinski definition) is 5. The molecule has 3 rings (SSSR count). The molecule has 1 heterocycles. The fourth-order valence-corrected chi connectivity index (χ4v) is 3.09. The van der Waals surface area contributed by atoms with Gasteiger partial charge >= 0.3 is 11.9 Å². The standard InChI is InChI=1S/C20H19NO5/c1-13-11-16-5-3-4-6-17(16)21(13)18(22)12-26-20(24)15-9-7-14(8-10-15)19(23)25-2/h3-10,13H,11-12H2,1-2H3/t13-/m1/s1. The molecular weight excluding hydrogens is 334 g/mol. The summed E-state index contributed by atoms with van der Waals surface area (Å²) >= 11 is 0. The maximum Gasteiger partial charge on any atom is 0.338 e. The second-order valence-electron chi connectivity index (χ2n) is 6.09. The third-order valence-corrected chi connectivity index (χ3v) is 4.34. The van der Waals surface area contributed by atoms with Crippen molar-refractivity contribution < 1.29 is 23.9 Å². The SMILES string of the molecule is COC(=O)c1ccc(C(=O)OCC(=O)N2c3ccccc3C[C@H]2C)cc1. The minimum Gasteiger partial charge on any atom is -0.465 e. The highest BCUT2D eigenvalue weighted by Crippen LogP contribution is 2.31. The Labute approximate surface area is 151 Å². The normalized spacial score (nSPS) is 15.3. The zero-order valence-electron chi connectivity index (χ0n) is 14.6. The van der Waals surface area contributed by atoms with Crippen molar-refractivity contribution in [2.75, 3.05) is 18.6 Å². The van der Waals surface area contributed by atoms with Crippen LogP contribution in [0.2, 0.25) is 0 Å². The summed E-state index contributed by atoms with van der Waals surface area (Å²) in [6, 6.07) is 13.6. The summed E-state index contributed by atoms with van der Waals surface area (Å²) in [6.07, 6.45) is 0.783. The Morgan fingerprint density at radius 2 is 1.62 bits per heavy atom. The van der Waals surface area contributed by atoms with Crippen molar-refractivity contribution >= 4 is 23.5 Å². The molecule has 0 spiro atoms. The molecule has 0 aliphatic carbocycles. The quantitative estimate of drug-likeness (QED) is 0.790. The summed E-state index contributed by atoms with van der Waals surface area (Å²) < 4.78 is 9.75. The van der Waals surface area contributed by atoms with Crippen LogP contribution in [-0.4, -0.2) is 37.6 Å². The second kappa shape index (κ2) is 7.39. The molecule has 1 amide bonds. The predicted octanol–water partition coefficient (Wildman–Crippen LogP) is 2.61. The Morgan fingerprint density at radius 1 is 1.00 bits per heavy atom. The van der Waals surface area contributed by atoms with E-state index in [-0.39, 0.29) is 24.1 Å². The van der Waals surface area contributed by atoms with E-state index in [9.17, 15) is 14.4 Å². The van der Waals surface area contributed by atoms with Crippen LogP contribution in [0, 0.1) is 0 Å². The van der Waals surface area contributed by atoms with Crippen LogP contribution in [0.5, 0.6) is 0 Å². The lowest BCUT2D eigenvalue weighted by atomic mass is 10.1. The molecule has 0 bridgehead atoms. The smallest absolute Gasteiger partial charge is 0.338 e.